The highest BCUT2D eigenvalue weighted by Gasteiger charge is 2.61. The number of hydrogen-bond acceptors (Lipinski definition) is 10. The molecular formula is C34H42FN3O9Si. The lowest BCUT2D eigenvalue weighted by atomic mass is 10.1. The number of aromatic nitrogens is 2. The van der Waals surface area contributed by atoms with Crippen molar-refractivity contribution in [1.82, 2.24) is 14.6 Å². The van der Waals surface area contributed by atoms with E-state index in [-0.39, 0.29) is 24.7 Å². The highest BCUT2D eigenvalue weighted by molar-refractivity contribution is 6.99. The molecule has 1 N–H and O–H groups in total. The van der Waals surface area contributed by atoms with E-state index in [1.54, 1.807) is 20.8 Å². The number of carbonyl (C=O) groups is 1. The number of hydroxylamine groups is 2. The topological polar surface area (TPSA) is 131 Å². The van der Waals surface area contributed by atoms with Gasteiger partial charge >= 0.3 is 11.7 Å². The second kappa shape index (κ2) is 13.1. The summed E-state index contributed by atoms with van der Waals surface area (Å²) in [6.45, 7) is 12.0. The Balaban J connectivity index is 1.35. The number of hydrogen-bond donors (Lipinski definition) is 1. The first-order valence-electron chi connectivity index (χ1n) is 16.1. The van der Waals surface area contributed by atoms with Crippen molar-refractivity contribution in [3.05, 3.63) is 93.5 Å². The Morgan fingerprint density at radius 1 is 1.02 bits per heavy atom. The minimum absolute atomic E-state index is 0.0883. The summed E-state index contributed by atoms with van der Waals surface area (Å²) in [4.78, 5) is 45.7. The van der Waals surface area contributed by atoms with E-state index in [0.29, 0.717) is 0 Å². The van der Waals surface area contributed by atoms with Gasteiger partial charge in [0.15, 0.2) is 18.2 Å². The number of esters is 1. The number of nitrogens with one attached hydrogen (secondary N) is 1. The molecule has 4 heterocycles. The molecule has 0 amide bonds. The van der Waals surface area contributed by atoms with Crippen molar-refractivity contribution in [2.75, 3.05) is 13.2 Å². The summed E-state index contributed by atoms with van der Waals surface area (Å²) in [5, 5.41) is 3.22. The lowest BCUT2D eigenvalue weighted by molar-refractivity contribution is -0.293. The average Bonchev–Trinajstić information content (AvgIpc) is 3.71. The molecule has 48 heavy (non-hydrogen) atoms. The molecule has 3 fully saturated rings. The summed E-state index contributed by atoms with van der Waals surface area (Å²) in [5.41, 5.74) is -2.04. The quantitative estimate of drug-likeness (QED) is 0.265. The lowest BCUT2D eigenvalue weighted by Gasteiger charge is -2.43. The normalized spacial score (nSPS) is 27.2. The van der Waals surface area contributed by atoms with Crippen LogP contribution in [0.25, 0.3) is 0 Å². The highest BCUT2D eigenvalue weighted by Crippen LogP contribution is 2.44. The first-order chi connectivity index (χ1) is 22.8. The fourth-order valence-corrected chi connectivity index (χ4v) is 11.6. The Kier molecular flexibility index (Phi) is 9.36. The molecule has 258 valence electrons. The Bertz CT molecular complexity index is 1690. The zero-order valence-corrected chi connectivity index (χ0v) is 28.9. The van der Waals surface area contributed by atoms with E-state index in [0.717, 1.165) is 21.1 Å². The minimum Gasteiger partial charge on any atom is -0.465 e. The van der Waals surface area contributed by atoms with Gasteiger partial charge in [-0.3, -0.25) is 24.0 Å². The van der Waals surface area contributed by atoms with Crippen molar-refractivity contribution in [1.29, 1.82) is 0 Å². The van der Waals surface area contributed by atoms with Crippen LogP contribution in [0.3, 0.4) is 0 Å². The molecule has 3 saturated heterocycles. The summed E-state index contributed by atoms with van der Waals surface area (Å²) in [6, 6.07) is 19.4. The van der Waals surface area contributed by atoms with Crippen LogP contribution in [0.4, 0.5) is 4.39 Å². The van der Waals surface area contributed by atoms with E-state index in [2.05, 4.69) is 45.0 Å². The molecule has 6 atom stereocenters. The number of carbonyl (C=O) groups excluding carboxylic acids is 1. The fourth-order valence-electron chi connectivity index (χ4n) is 7.03. The van der Waals surface area contributed by atoms with E-state index in [1.807, 2.05) is 41.4 Å². The Hall–Kier alpha value is -3.50. The Morgan fingerprint density at radius 2 is 1.62 bits per heavy atom. The van der Waals surface area contributed by atoms with Crippen LogP contribution < -0.4 is 21.6 Å². The third-order valence-corrected chi connectivity index (χ3v) is 14.0. The number of halogens is 1. The fraction of sp³-hybridized carbons (Fsp3) is 0.500. The van der Waals surface area contributed by atoms with Crippen molar-refractivity contribution in [3.63, 3.8) is 0 Å². The van der Waals surface area contributed by atoms with Crippen molar-refractivity contribution in [2.45, 2.75) is 95.6 Å². The van der Waals surface area contributed by atoms with E-state index < -0.39 is 73.9 Å². The van der Waals surface area contributed by atoms with Crippen molar-refractivity contribution < 1.29 is 37.4 Å². The predicted molar refractivity (Wildman–Crippen MR) is 174 cm³/mol. The van der Waals surface area contributed by atoms with Gasteiger partial charge in [0.2, 0.25) is 5.82 Å². The maximum absolute atomic E-state index is 14.3. The van der Waals surface area contributed by atoms with Crippen LogP contribution in [0.2, 0.25) is 5.04 Å². The van der Waals surface area contributed by atoms with Crippen molar-refractivity contribution >= 4 is 24.7 Å². The summed E-state index contributed by atoms with van der Waals surface area (Å²) < 4.78 is 47.1. The van der Waals surface area contributed by atoms with E-state index >= 15 is 0 Å². The zero-order valence-electron chi connectivity index (χ0n) is 27.9. The van der Waals surface area contributed by atoms with Crippen molar-refractivity contribution in [3.8, 4) is 0 Å². The largest absolute Gasteiger partial charge is 0.465 e. The monoisotopic (exact) mass is 683 g/mol. The van der Waals surface area contributed by atoms with Gasteiger partial charge in [0.1, 0.15) is 24.4 Å². The van der Waals surface area contributed by atoms with Crippen LogP contribution in [0.5, 0.6) is 0 Å². The molecule has 0 unspecified atom stereocenters. The second-order valence-electron chi connectivity index (χ2n) is 13.7. The molecular weight excluding hydrogens is 641 g/mol. The maximum atomic E-state index is 14.3. The van der Waals surface area contributed by atoms with Gasteiger partial charge in [0.05, 0.1) is 19.4 Å². The maximum Gasteiger partial charge on any atom is 0.330 e. The van der Waals surface area contributed by atoms with E-state index in [1.165, 1.54) is 5.06 Å². The molecule has 14 heteroatoms. The molecule has 0 spiro atoms. The molecule has 6 rings (SSSR count). The molecule has 0 saturated carbocycles. The van der Waals surface area contributed by atoms with Gasteiger partial charge in [-0.2, -0.15) is 4.39 Å². The number of ether oxygens (including phenoxy) is 4. The molecule has 3 aliphatic rings. The third kappa shape index (κ3) is 6.22. The van der Waals surface area contributed by atoms with Crippen LogP contribution in [0, 0.1) is 5.82 Å². The second-order valence-corrected chi connectivity index (χ2v) is 18.0. The zero-order chi connectivity index (χ0) is 34.4. The minimum atomic E-state index is -2.96. The van der Waals surface area contributed by atoms with Crippen LogP contribution in [-0.2, 0) is 33.0 Å². The van der Waals surface area contributed by atoms with Gasteiger partial charge in [0, 0.05) is 6.42 Å². The summed E-state index contributed by atoms with van der Waals surface area (Å²) >= 11 is 0. The van der Waals surface area contributed by atoms with Crippen LogP contribution in [0.1, 0.15) is 54.2 Å². The summed E-state index contributed by atoms with van der Waals surface area (Å²) in [5.74, 6) is -2.79. The molecule has 0 aliphatic carbocycles. The van der Waals surface area contributed by atoms with E-state index in [4.69, 9.17) is 28.2 Å². The van der Waals surface area contributed by atoms with Gasteiger partial charge in [-0.25, -0.2) is 4.79 Å². The summed E-state index contributed by atoms with van der Waals surface area (Å²) in [6.07, 6.45) is -3.46. The molecule has 1 aromatic heterocycles. The van der Waals surface area contributed by atoms with Gasteiger partial charge < -0.3 is 23.4 Å². The number of benzene rings is 2. The molecule has 3 aliphatic heterocycles. The standard InChI is InChI=1S/C34H42FN3O9Si/c1-7-42-31(40)24-18-26(37-19-23(35)29(39)36-32(37)41)47-38(24)30-28-27(45-34(5,6)46-28)25(44-30)20-43-48(33(2,3)4,21-14-10-8-11-15-21)22-16-12-9-13-17-22/h8-17,19,24-28,30H,7,18,20H2,1-6H3,(H,36,39,41)/t24-,25-,26-,27-,28-,30-/m1/s1. The molecule has 2 aromatic carbocycles. The molecule has 0 radical (unpaired) electrons. The predicted octanol–water partition coefficient (Wildman–Crippen LogP) is 2.56. The lowest BCUT2D eigenvalue weighted by Crippen LogP contribution is -2.67. The number of nitrogens with zero attached hydrogens (tertiary/aromatic N) is 2. The average molecular weight is 684 g/mol. The third-order valence-electron chi connectivity index (χ3n) is 9.03. The van der Waals surface area contributed by atoms with E-state index in [9.17, 15) is 18.8 Å². The highest BCUT2D eigenvalue weighted by atomic mass is 28.4. The number of aromatic amines is 1. The smallest absolute Gasteiger partial charge is 0.330 e. The van der Waals surface area contributed by atoms with Gasteiger partial charge in [-0.1, -0.05) is 81.4 Å². The van der Waals surface area contributed by atoms with Crippen molar-refractivity contribution in [2.24, 2.45) is 0 Å². The van der Waals surface area contributed by atoms with Crippen LogP contribution in [0.15, 0.2) is 76.4 Å². The molecule has 3 aromatic rings. The first kappa shape index (κ1) is 34.4. The van der Waals surface area contributed by atoms with Gasteiger partial charge in [-0.15, -0.1) is 5.06 Å². The molecule has 12 nitrogen and oxygen atoms in total. The Morgan fingerprint density at radius 3 is 2.21 bits per heavy atom. The van der Waals surface area contributed by atoms with Gasteiger partial charge in [-0.05, 0) is 36.2 Å². The van der Waals surface area contributed by atoms with Crippen LogP contribution in [-0.4, -0.2) is 78.5 Å². The number of H-pyrrole nitrogens is 1. The summed E-state index contributed by atoms with van der Waals surface area (Å²) in [7, 11) is -2.96. The van der Waals surface area contributed by atoms with Crippen LogP contribution >= 0.6 is 0 Å². The SMILES string of the molecule is CCOC(=O)[C@H]1C[C@H](n2cc(F)c(=O)[nH]c2=O)ON1[C@@H]1O[C@H](CO[Si](c2ccccc2)(c2ccccc2)C(C)(C)C)[C@H]2OC(C)(C)O[C@H]21. The Labute approximate surface area is 278 Å². The molecule has 0 bridgehead atoms. The first-order valence-corrected chi connectivity index (χ1v) is 18.1. The van der Waals surface area contributed by atoms with Gasteiger partial charge in [0.25, 0.3) is 13.9 Å². The number of fused-ring (bicyclic) bond motifs is 1. The number of rotatable bonds is 9.